The van der Waals surface area contributed by atoms with Gasteiger partial charge in [-0.25, -0.2) is 9.59 Å². The first-order valence-electron chi connectivity index (χ1n) is 7.24. The van der Waals surface area contributed by atoms with Crippen molar-refractivity contribution in [2.24, 2.45) is 0 Å². The SMILES string of the molecule is CCOC(=O)NCCNC(=O)NCc1ccc(OC)c(OC)c1. The Labute approximate surface area is 135 Å². The number of methoxy groups -OCH3 is 2. The van der Waals surface area contributed by atoms with E-state index in [2.05, 4.69) is 16.0 Å². The summed E-state index contributed by atoms with van der Waals surface area (Å²) < 4.78 is 15.0. The Hall–Kier alpha value is -2.64. The van der Waals surface area contributed by atoms with Crippen LogP contribution in [0.4, 0.5) is 9.59 Å². The summed E-state index contributed by atoms with van der Waals surface area (Å²) in [6, 6.07) is 5.08. The molecule has 0 atom stereocenters. The zero-order valence-electron chi connectivity index (χ0n) is 13.6. The summed E-state index contributed by atoms with van der Waals surface area (Å²) in [7, 11) is 3.12. The van der Waals surface area contributed by atoms with E-state index in [4.69, 9.17) is 14.2 Å². The van der Waals surface area contributed by atoms with E-state index in [9.17, 15) is 9.59 Å². The molecule has 23 heavy (non-hydrogen) atoms. The lowest BCUT2D eigenvalue weighted by Gasteiger charge is -2.11. The van der Waals surface area contributed by atoms with E-state index in [1.54, 1.807) is 33.3 Å². The Bertz CT molecular complexity index is 522. The van der Waals surface area contributed by atoms with Gasteiger partial charge in [0.1, 0.15) is 0 Å². The third kappa shape index (κ3) is 6.77. The molecule has 0 saturated carbocycles. The van der Waals surface area contributed by atoms with Crippen molar-refractivity contribution in [3.63, 3.8) is 0 Å². The standard InChI is InChI=1S/C15H23N3O5/c1-4-23-15(20)17-8-7-16-14(19)18-10-11-5-6-12(21-2)13(9-11)22-3/h5-6,9H,4,7-8,10H2,1-3H3,(H,17,20)(H2,16,18,19). The number of rotatable bonds is 8. The fourth-order valence-corrected chi connectivity index (χ4v) is 1.76. The summed E-state index contributed by atoms with van der Waals surface area (Å²) in [4.78, 5) is 22.7. The van der Waals surface area contributed by atoms with Crippen molar-refractivity contribution in [2.45, 2.75) is 13.5 Å². The Balaban J connectivity index is 2.29. The normalized spacial score (nSPS) is 9.70. The molecule has 0 aromatic heterocycles. The van der Waals surface area contributed by atoms with Crippen molar-refractivity contribution in [3.8, 4) is 11.5 Å². The summed E-state index contributed by atoms with van der Waals surface area (Å²) in [6.07, 6.45) is -0.500. The van der Waals surface area contributed by atoms with Crippen LogP contribution in [-0.2, 0) is 11.3 Å². The lowest BCUT2D eigenvalue weighted by Crippen LogP contribution is -2.40. The fraction of sp³-hybridized carbons (Fsp3) is 0.467. The predicted molar refractivity (Wildman–Crippen MR) is 84.8 cm³/mol. The first-order valence-corrected chi connectivity index (χ1v) is 7.24. The van der Waals surface area contributed by atoms with E-state index in [0.717, 1.165) is 5.56 Å². The number of hydrogen-bond donors (Lipinski definition) is 3. The molecule has 128 valence electrons. The van der Waals surface area contributed by atoms with Crippen LogP contribution in [0.1, 0.15) is 12.5 Å². The average molecular weight is 325 g/mol. The Morgan fingerprint density at radius 3 is 2.35 bits per heavy atom. The van der Waals surface area contributed by atoms with Crippen molar-refractivity contribution in [1.29, 1.82) is 0 Å². The van der Waals surface area contributed by atoms with Gasteiger partial charge < -0.3 is 30.2 Å². The second-order valence-electron chi connectivity index (χ2n) is 4.45. The largest absolute Gasteiger partial charge is 0.493 e. The molecule has 3 N–H and O–H groups in total. The fourth-order valence-electron chi connectivity index (χ4n) is 1.76. The van der Waals surface area contributed by atoms with Gasteiger partial charge >= 0.3 is 12.1 Å². The van der Waals surface area contributed by atoms with Crippen LogP contribution in [0.15, 0.2) is 18.2 Å². The number of nitrogens with one attached hydrogen (secondary N) is 3. The second-order valence-corrected chi connectivity index (χ2v) is 4.45. The Kier molecular flexibility index (Phi) is 8.12. The minimum absolute atomic E-state index is 0.294. The maximum atomic E-state index is 11.6. The molecule has 0 spiro atoms. The van der Waals surface area contributed by atoms with Gasteiger partial charge in [0.15, 0.2) is 11.5 Å². The number of carbonyl (C=O) groups is 2. The van der Waals surface area contributed by atoms with Crippen LogP contribution in [0, 0.1) is 0 Å². The van der Waals surface area contributed by atoms with Crippen LogP contribution < -0.4 is 25.4 Å². The van der Waals surface area contributed by atoms with Gasteiger partial charge in [0.25, 0.3) is 0 Å². The molecule has 1 aromatic carbocycles. The van der Waals surface area contributed by atoms with Crippen molar-refractivity contribution in [1.82, 2.24) is 16.0 Å². The lowest BCUT2D eigenvalue weighted by atomic mass is 10.2. The minimum atomic E-state index is -0.500. The molecule has 0 bridgehead atoms. The van der Waals surface area contributed by atoms with Gasteiger partial charge in [-0.05, 0) is 24.6 Å². The smallest absolute Gasteiger partial charge is 0.407 e. The number of hydrogen-bond acceptors (Lipinski definition) is 5. The van der Waals surface area contributed by atoms with Crippen molar-refractivity contribution >= 4 is 12.1 Å². The lowest BCUT2D eigenvalue weighted by molar-refractivity contribution is 0.152. The van der Waals surface area contributed by atoms with Gasteiger partial charge in [-0.15, -0.1) is 0 Å². The number of carbonyl (C=O) groups excluding carboxylic acids is 2. The molecule has 8 nitrogen and oxygen atoms in total. The third-order valence-corrected chi connectivity index (χ3v) is 2.86. The van der Waals surface area contributed by atoms with Crippen molar-refractivity contribution in [3.05, 3.63) is 23.8 Å². The third-order valence-electron chi connectivity index (χ3n) is 2.86. The van der Waals surface area contributed by atoms with E-state index in [0.29, 0.717) is 37.7 Å². The molecule has 0 aliphatic carbocycles. The summed E-state index contributed by atoms with van der Waals surface area (Å²) >= 11 is 0. The molecule has 0 aliphatic rings. The van der Waals surface area contributed by atoms with Crippen LogP contribution in [0.25, 0.3) is 0 Å². The number of urea groups is 1. The first-order chi connectivity index (χ1) is 11.1. The minimum Gasteiger partial charge on any atom is -0.493 e. The van der Waals surface area contributed by atoms with Crippen molar-refractivity contribution in [2.75, 3.05) is 33.9 Å². The molecular formula is C15H23N3O5. The van der Waals surface area contributed by atoms with E-state index >= 15 is 0 Å². The zero-order valence-corrected chi connectivity index (χ0v) is 13.6. The summed E-state index contributed by atoms with van der Waals surface area (Å²) in [5, 5.41) is 7.84. The van der Waals surface area contributed by atoms with Crippen LogP contribution in [0.3, 0.4) is 0 Å². The summed E-state index contributed by atoms with van der Waals surface area (Å²) in [5.41, 5.74) is 0.877. The average Bonchev–Trinajstić information content (AvgIpc) is 2.56. The quantitative estimate of drug-likeness (QED) is 0.625. The van der Waals surface area contributed by atoms with Gasteiger partial charge in [-0.2, -0.15) is 0 Å². The van der Waals surface area contributed by atoms with Gasteiger partial charge in [-0.3, -0.25) is 0 Å². The number of benzene rings is 1. The predicted octanol–water partition coefficient (Wildman–Crippen LogP) is 1.25. The van der Waals surface area contributed by atoms with Gasteiger partial charge in [-0.1, -0.05) is 6.07 Å². The highest BCUT2D eigenvalue weighted by molar-refractivity contribution is 5.74. The first kappa shape index (κ1) is 18.4. The zero-order chi connectivity index (χ0) is 17.1. The van der Waals surface area contributed by atoms with Crippen LogP contribution in [0.2, 0.25) is 0 Å². The Morgan fingerprint density at radius 1 is 1.00 bits per heavy atom. The molecule has 8 heteroatoms. The van der Waals surface area contributed by atoms with E-state index in [1.807, 2.05) is 6.07 Å². The van der Waals surface area contributed by atoms with Gasteiger partial charge in [0.05, 0.1) is 20.8 Å². The molecule has 1 aromatic rings. The monoisotopic (exact) mass is 325 g/mol. The van der Waals surface area contributed by atoms with Gasteiger partial charge in [0.2, 0.25) is 0 Å². The number of alkyl carbamates (subject to hydrolysis) is 1. The highest BCUT2D eigenvalue weighted by Crippen LogP contribution is 2.27. The number of ether oxygens (including phenoxy) is 3. The molecule has 1 rings (SSSR count). The van der Waals surface area contributed by atoms with Crippen LogP contribution in [-0.4, -0.2) is 46.0 Å². The van der Waals surface area contributed by atoms with E-state index < -0.39 is 6.09 Å². The number of amides is 3. The van der Waals surface area contributed by atoms with E-state index in [-0.39, 0.29) is 6.03 Å². The second kappa shape index (κ2) is 10.1. The molecule has 3 amide bonds. The van der Waals surface area contributed by atoms with Crippen LogP contribution in [0.5, 0.6) is 11.5 Å². The highest BCUT2D eigenvalue weighted by atomic mass is 16.5. The molecule has 0 aliphatic heterocycles. The highest BCUT2D eigenvalue weighted by Gasteiger charge is 2.06. The van der Waals surface area contributed by atoms with Crippen LogP contribution >= 0.6 is 0 Å². The Morgan fingerprint density at radius 2 is 1.70 bits per heavy atom. The molecule has 0 heterocycles. The molecule has 0 saturated heterocycles. The summed E-state index contributed by atoms with van der Waals surface area (Å²) in [5.74, 6) is 1.23. The maximum Gasteiger partial charge on any atom is 0.407 e. The molecule has 0 unspecified atom stereocenters. The molecule has 0 fully saturated rings. The van der Waals surface area contributed by atoms with Crippen molar-refractivity contribution < 1.29 is 23.8 Å². The summed E-state index contributed by atoms with van der Waals surface area (Å²) in [6.45, 7) is 2.97. The molecular weight excluding hydrogens is 302 g/mol. The topological polar surface area (TPSA) is 97.9 Å². The molecule has 0 radical (unpaired) electrons. The maximum absolute atomic E-state index is 11.6. The van der Waals surface area contributed by atoms with Gasteiger partial charge in [0, 0.05) is 19.6 Å². The van der Waals surface area contributed by atoms with E-state index in [1.165, 1.54) is 0 Å².